The van der Waals surface area contributed by atoms with Gasteiger partial charge in [0.2, 0.25) is 5.91 Å². The number of anilines is 2. The van der Waals surface area contributed by atoms with Crippen molar-refractivity contribution in [2.24, 2.45) is 0 Å². The minimum Gasteiger partial charge on any atom is -0.504 e. The Labute approximate surface area is 191 Å². The summed E-state index contributed by atoms with van der Waals surface area (Å²) in [6.45, 7) is -0.0278. The molecule has 0 aliphatic heterocycles. The highest BCUT2D eigenvalue weighted by Gasteiger charge is 2.31. The zero-order valence-corrected chi connectivity index (χ0v) is 17.8. The quantitative estimate of drug-likeness (QED) is 0.369. The summed E-state index contributed by atoms with van der Waals surface area (Å²) in [5.74, 6) is -1.64. The first-order chi connectivity index (χ1) is 16.0. The van der Waals surface area contributed by atoms with Crippen LogP contribution in [0.25, 0.3) is 0 Å². The van der Waals surface area contributed by atoms with E-state index in [4.69, 9.17) is 10.5 Å². The zero-order chi connectivity index (χ0) is 24.9. The van der Waals surface area contributed by atoms with E-state index >= 15 is 0 Å². The third-order valence-corrected chi connectivity index (χ3v) is 4.56. The second-order valence-electron chi connectivity index (χ2n) is 7.11. The highest BCUT2D eigenvalue weighted by Crippen LogP contribution is 2.27. The summed E-state index contributed by atoms with van der Waals surface area (Å²) in [4.78, 5) is 24.5. The van der Waals surface area contributed by atoms with Crippen molar-refractivity contribution in [3.63, 3.8) is 0 Å². The number of nitrogen functional groups attached to an aromatic ring is 1. The number of aromatic nitrogens is 1. The summed E-state index contributed by atoms with van der Waals surface area (Å²) < 4.78 is 47.7. The number of aromatic hydroxyl groups is 1. The first-order valence-electron chi connectivity index (χ1n) is 9.79. The number of hydrogen-bond donors (Lipinski definition) is 4. The highest BCUT2D eigenvalue weighted by molar-refractivity contribution is 6.02. The van der Waals surface area contributed by atoms with Gasteiger partial charge in [0.25, 0.3) is 5.91 Å². The molecule has 0 aliphatic carbocycles. The summed E-state index contributed by atoms with van der Waals surface area (Å²) in [7, 11) is 1.45. The van der Waals surface area contributed by atoms with Crippen LogP contribution in [0.15, 0.2) is 54.9 Å². The molecule has 180 valence electrons. The van der Waals surface area contributed by atoms with Gasteiger partial charge in [-0.1, -0.05) is 6.07 Å². The molecule has 0 atom stereocenters. The van der Waals surface area contributed by atoms with Gasteiger partial charge in [0, 0.05) is 24.6 Å². The van der Waals surface area contributed by atoms with Crippen LogP contribution in [0.2, 0.25) is 0 Å². The largest absolute Gasteiger partial charge is 0.573 e. The number of hydrogen-bond acceptors (Lipinski definition) is 6. The number of nitrogens with zero attached hydrogens (tertiary/aromatic N) is 1. The molecule has 0 saturated heterocycles. The molecular weight excluding hydrogens is 457 g/mol. The summed E-state index contributed by atoms with van der Waals surface area (Å²) in [5.41, 5.74) is 6.57. The van der Waals surface area contributed by atoms with Gasteiger partial charge in [-0.3, -0.25) is 9.59 Å². The molecule has 3 aromatic rings. The molecular formula is C22H21F3N4O5. The first-order valence-corrected chi connectivity index (χ1v) is 9.79. The number of phenols is 1. The van der Waals surface area contributed by atoms with Crippen LogP contribution < -0.4 is 25.8 Å². The van der Waals surface area contributed by atoms with Crippen LogP contribution in [0, 0.1) is 0 Å². The number of halogens is 3. The number of phenolic OH excluding ortho intramolecular Hbond substituents is 1. The fourth-order valence-corrected chi connectivity index (χ4v) is 3.05. The maximum atomic E-state index is 12.4. The standard InChI is InChI=1S/C22H21F3N4O5/c1-33-19-5-2-13(8-18(19)30)11-29-7-6-14(12-29)28-20(31)10-27-21(32)16-9-15(3-4-17(16)26)34-22(23,24)25/h2-9,12,30H,10-11,26H2,1H3,(H,27,32)(H,28,31). The molecule has 0 bridgehead atoms. The number of alkyl halides is 3. The van der Waals surface area contributed by atoms with Crippen LogP contribution in [-0.4, -0.2) is 41.5 Å². The minimum atomic E-state index is -4.92. The van der Waals surface area contributed by atoms with Gasteiger partial charge in [-0.05, 0) is 42.0 Å². The van der Waals surface area contributed by atoms with E-state index in [1.54, 1.807) is 41.2 Å². The third kappa shape index (κ3) is 6.58. The van der Waals surface area contributed by atoms with Gasteiger partial charge in [-0.25, -0.2) is 0 Å². The van der Waals surface area contributed by atoms with Gasteiger partial charge in [0.05, 0.1) is 24.9 Å². The minimum absolute atomic E-state index is 0.00701. The Morgan fingerprint density at radius 1 is 1.15 bits per heavy atom. The van der Waals surface area contributed by atoms with Crippen molar-refractivity contribution in [2.45, 2.75) is 12.9 Å². The van der Waals surface area contributed by atoms with Crippen LogP contribution >= 0.6 is 0 Å². The number of methoxy groups -OCH3 is 1. The number of ether oxygens (including phenoxy) is 2. The van der Waals surface area contributed by atoms with E-state index < -0.39 is 30.5 Å². The number of carbonyl (C=O) groups is 2. The molecule has 34 heavy (non-hydrogen) atoms. The third-order valence-electron chi connectivity index (χ3n) is 4.56. The Morgan fingerprint density at radius 3 is 2.59 bits per heavy atom. The van der Waals surface area contributed by atoms with Crippen LogP contribution in [-0.2, 0) is 11.3 Å². The van der Waals surface area contributed by atoms with Crippen molar-refractivity contribution < 1.29 is 37.3 Å². The average molecular weight is 478 g/mol. The number of carbonyl (C=O) groups excluding carboxylic acids is 2. The molecule has 0 saturated carbocycles. The monoisotopic (exact) mass is 478 g/mol. The van der Waals surface area contributed by atoms with Crippen molar-refractivity contribution in [2.75, 3.05) is 24.7 Å². The number of benzene rings is 2. The SMILES string of the molecule is COc1ccc(Cn2ccc(NC(=O)CNC(=O)c3cc(OC(F)(F)F)ccc3N)c2)cc1O. The van der Waals surface area contributed by atoms with Gasteiger partial charge in [0.15, 0.2) is 11.5 Å². The lowest BCUT2D eigenvalue weighted by atomic mass is 10.1. The van der Waals surface area contributed by atoms with Crippen molar-refractivity contribution >= 4 is 23.2 Å². The summed E-state index contributed by atoms with van der Waals surface area (Å²) in [5, 5.41) is 14.8. The highest BCUT2D eigenvalue weighted by atomic mass is 19.4. The van der Waals surface area contributed by atoms with Gasteiger partial charge in [-0.15, -0.1) is 13.2 Å². The Balaban J connectivity index is 1.55. The molecule has 0 fully saturated rings. The molecule has 9 nitrogen and oxygen atoms in total. The van der Waals surface area contributed by atoms with E-state index in [1.165, 1.54) is 7.11 Å². The summed E-state index contributed by atoms with van der Waals surface area (Å²) >= 11 is 0. The Hall–Kier alpha value is -4.35. The van der Waals surface area contributed by atoms with E-state index in [1.807, 2.05) is 0 Å². The van der Waals surface area contributed by atoms with Gasteiger partial charge >= 0.3 is 6.36 Å². The van der Waals surface area contributed by atoms with E-state index in [0.717, 1.165) is 23.8 Å². The number of nitrogens with two attached hydrogens (primary N) is 1. The van der Waals surface area contributed by atoms with Crippen molar-refractivity contribution in [3.8, 4) is 17.2 Å². The summed E-state index contributed by atoms with van der Waals surface area (Å²) in [6, 6.07) is 9.54. The average Bonchev–Trinajstić information content (AvgIpc) is 3.19. The van der Waals surface area contributed by atoms with Crippen LogP contribution in [0.3, 0.4) is 0 Å². The Bertz CT molecular complexity index is 1190. The Morgan fingerprint density at radius 2 is 1.91 bits per heavy atom. The molecule has 1 heterocycles. The van der Waals surface area contributed by atoms with Gasteiger partial charge in [-0.2, -0.15) is 0 Å². The van der Waals surface area contributed by atoms with Crippen molar-refractivity contribution in [1.29, 1.82) is 0 Å². The molecule has 5 N–H and O–H groups in total. The predicted molar refractivity (Wildman–Crippen MR) is 117 cm³/mol. The molecule has 0 spiro atoms. The predicted octanol–water partition coefficient (Wildman–Crippen LogP) is 3.10. The van der Waals surface area contributed by atoms with Crippen LogP contribution in [0.5, 0.6) is 17.2 Å². The topological polar surface area (TPSA) is 128 Å². The lowest BCUT2D eigenvalue weighted by Gasteiger charge is -2.12. The molecule has 3 rings (SSSR count). The second-order valence-corrected chi connectivity index (χ2v) is 7.11. The van der Waals surface area contributed by atoms with Crippen LogP contribution in [0.4, 0.5) is 24.5 Å². The normalized spacial score (nSPS) is 11.1. The first kappa shape index (κ1) is 24.3. The summed E-state index contributed by atoms with van der Waals surface area (Å²) in [6.07, 6.45) is -1.56. The van der Waals surface area contributed by atoms with Gasteiger partial charge < -0.3 is 35.5 Å². The zero-order valence-electron chi connectivity index (χ0n) is 17.8. The molecule has 2 aromatic carbocycles. The molecule has 0 aliphatic rings. The lowest BCUT2D eigenvalue weighted by molar-refractivity contribution is -0.274. The van der Waals surface area contributed by atoms with E-state index in [0.29, 0.717) is 18.0 Å². The number of amides is 2. The molecule has 12 heteroatoms. The lowest BCUT2D eigenvalue weighted by Crippen LogP contribution is -2.33. The molecule has 0 unspecified atom stereocenters. The number of rotatable bonds is 8. The maximum absolute atomic E-state index is 12.4. The van der Waals surface area contributed by atoms with E-state index in [2.05, 4.69) is 15.4 Å². The van der Waals surface area contributed by atoms with E-state index in [9.17, 15) is 27.9 Å². The molecule has 0 radical (unpaired) electrons. The van der Waals surface area contributed by atoms with Crippen LogP contribution in [0.1, 0.15) is 15.9 Å². The van der Waals surface area contributed by atoms with Crippen molar-refractivity contribution in [1.82, 2.24) is 9.88 Å². The van der Waals surface area contributed by atoms with E-state index in [-0.39, 0.29) is 17.0 Å². The van der Waals surface area contributed by atoms with Gasteiger partial charge in [0.1, 0.15) is 5.75 Å². The smallest absolute Gasteiger partial charge is 0.504 e. The Kier molecular flexibility index (Phi) is 7.19. The molecule has 1 aromatic heterocycles. The molecule has 2 amide bonds. The maximum Gasteiger partial charge on any atom is 0.573 e. The second kappa shape index (κ2) is 10.1. The van der Waals surface area contributed by atoms with Crippen molar-refractivity contribution in [3.05, 3.63) is 66.0 Å². The fourth-order valence-electron chi connectivity index (χ4n) is 3.05. The number of nitrogens with one attached hydrogen (secondary N) is 2. The fraction of sp³-hybridized carbons (Fsp3) is 0.182.